The highest BCUT2D eigenvalue weighted by atomic mass is 32.1. The molecule has 0 aliphatic rings. The second-order valence-corrected chi connectivity index (χ2v) is 5.96. The fourth-order valence-electron chi connectivity index (χ4n) is 2.66. The molecule has 0 bridgehead atoms. The summed E-state index contributed by atoms with van der Waals surface area (Å²) < 4.78 is 7.47. The van der Waals surface area contributed by atoms with E-state index in [1.54, 1.807) is 18.4 Å². The molecule has 1 N–H and O–H groups in total. The molecule has 2 heterocycles. The molecule has 0 saturated carbocycles. The molecular weight excluding hydrogens is 294 g/mol. The predicted octanol–water partition coefficient (Wildman–Crippen LogP) is 4.27. The van der Waals surface area contributed by atoms with Crippen molar-refractivity contribution in [2.75, 3.05) is 19.5 Å². The van der Waals surface area contributed by atoms with Gasteiger partial charge in [-0.25, -0.2) is 4.98 Å². The summed E-state index contributed by atoms with van der Waals surface area (Å²) in [4.78, 5) is 4.61. The van der Waals surface area contributed by atoms with Gasteiger partial charge in [0.2, 0.25) is 0 Å². The number of aryl methyl sites for hydroxylation is 1. The van der Waals surface area contributed by atoms with Gasteiger partial charge >= 0.3 is 0 Å². The summed E-state index contributed by atoms with van der Waals surface area (Å²) in [5.41, 5.74) is 5.70. The van der Waals surface area contributed by atoms with Crippen LogP contribution in [0.4, 0.5) is 5.13 Å². The van der Waals surface area contributed by atoms with Crippen LogP contribution in [0.5, 0.6) is 5.75 Å². The lowest BCUT2D eigenvalue weighted by molar-refractivity contribution is 0.414. The molecule has 114 valence electrons. The van der Waals surface area contributed by atoms with Crippen molar-refractivity contribution in [1.82, 2.24) is 9.55 Å². The van der Waals surface area contributed by atoms with Crippen LogP contribution < -0.4 is 10.1 Å². The Kier molecular flexibility index (Phi) is 3.90. The van der Waals surface area contributed by atoms with Crippen molar-refractivity contribution in [1.29, 1.82) is 0 Å². The van der Waals surface area contributed by atoms with Gasteiger partial charge in [0.15, 0.2) is 5.13 Å². The quantitative estimate of drug-likeness (QED) is 0.782. The number of rotatable bonds is 4. The summed E-state index contributed by atoms with van der Waals surface area (Å²) >= 11 is 1.62. The van der Waals surface area contributed by atoms with Crippen LogP contribution in [0.2, 0.25) is 0 Å². The van der Waals surface area contributed by atoms with Crippen LogP contribution in [0, 0.1) is 13.8 Å². The third-order valence-electron chi connectivity index (χ3n) is 3.76. The molecule has 0 spiro atoms. The zero-order chi connectivity index (χ0) is 15.7. The van der Waals surface area contributed by atoms with Gasteiger partial charge in [-0.1, -0.05) is 0 Å². The number of nitrogens with zero attached hydrogens (tertiary/aromatic N) is 2. The molecule has 4 nitrogen and oxygen atoms in total. The van der Waals surface area contributed by atoms with Crippen LogP contribution in [0.15, 0.2) is 35.7 Å². The Morgan fingerprint density at radius 2 is 1.91 bits per heavy atom. The fraction of sp³-hybridized carbons (Fsp3) is 0.235. The number of methoxy groups -OCH3 is 1. The third-order valence-corrected chi connectivity index (χ3v) is 4.62. The van der Waals surface area contributed by atoms with E-state index in [9.17, 15) is 0 Å². The van der Waals surface area contributed by atoms with E-state index in [4.69, 9.17) is 4.74 Å². The Bertz CT molecular complexity index is 787. The number of ether oxygens (including phenoxy) is 1. The number of thiazole rings is 1. The molecule has 0 unspecified atom stereocenters. The third kappa shape index (κ3) is 2.48. The highest BCUT2D eigenvalue weighted by Crippen LogP contribution is 2.31. The van der Waals surface area contributed by atoms with Crippen LogP contribution in [0.25, 0.3) is 16.9 Å². The van der Waals surface area contributed by atoms with Crippen molar-refractivity contribution in [2.24, 2.45) is 0 Å². The number of nitrogens with one attached hydrogen (secondary N) is 1. The van der Waals surface area contributed by atoms with Crippen LogP contribution in [0.1, 0.15) is 11.4 Å². The van der Waals surface area contributed by atoms with Gasteiger partial charge in [-0.3, -0.25) is 0 Å². The van der Waals surface area contributed by atoms with E-state index in [0.29, 0.717) is 0 Å². The largest absolute Gasteiger partial charge is 0.497 e. The van der Waals surface area contributed by atoms with Crippen molar-refractivity contribution in [3.05, 3.63) is 47.1 Å². The van der Waals surface area contributed by atoms with Gasteiger partial charge in [0.25, 0.3) is 0 Å². The maximum atomic E-state index is 5.23. The first-order chi connectivity index (χ1) is 10.6. The van der Waals surface area contributed by atoms with E-state index >= 15 is 0 Å². The van der Waals surface area contributed by atoms with Crippen LogP contribution in [-0.2, 0) is 0 Å². The van der Waals surface area contributed by atoms with Crippen molar-refractivity contribution < 1.29 is 4.74 Å². The molecule has 0 aliphatic heterocycles. The van der Waals surface area contributed by atoms with Gasteiger partial charge in [0.1, 0.15) is 5.75 Å². The molecule has 3 aromatic rings. The molecule has 22 heavy (non-hydrogen) atoms. The van der Waals surface area contributed by atoms with E-state index in [1.165, 1.54) is 17.0 Å². The fourth-order valence-corrected chi connectivity index (χ4v) is 3.33. The Hall–Kier alpha value is -2.27. The maximum Gasteiger partial charge on any atom is 0.182 e. The van der Waals surface area contributed by atoms with Gasteiger partial charge in [-0.2, -0.15) is 0 Å². The highest BCUT2D eigenvalue weighted by molar-refractivity contribution is 7.14. The van der Waals surface area contributed by atoms with E-state index in [0.717, 1.165) is 22.3 Å². The lowest BCUT2D eigenvalue weighted by Crippen LogP contribution is -1.99. The van der Waals surface area contributed by atoms with Crippen molar-refractivity contribution >= 4 is 16.5 Å². The van der Waals surface area contributed by atoms with Gasteiger partial charge < -0.3 is 14.6 Å². The van der Waals surface area contributed by atoms with E-state index in [-0.39, 0.29) is 0 Å². The standard InChI is InChI=1S/C17H19N3OS/c1-11-9-15(16-10-22-17(18-3)19-16)12(2)20(11)13-5-7-14(21-4)8-6-13/h5-10H,1-4H3,(H,18,19). The molecule has 0 aliphatic carbocycles. The number of anilines is 1. The SMILES string of the molecule is CNc1nc(-c2cc(C)n(-c3ccc(OC)cc3)c2C)cs1. The Labute approximate surface area is 134 Å². The Morgan fingerprint density at radius 3 is 2.50 bits per heavy atom. The summed E-state index contributed by atoms with van der Waals surface area (Å²) in [5.74, 6) is 0.865. The van der Waals surface area contributed by atoms with Gasteiger partial charge in [-0.05, 0) is 44.2 Å². The average molecular weight is 313 g/mol. The Balaban J connectivity index is 2.05. The Morgan fingerprint density at radius 1 is 1.18 bits per heavy atom. The second kappa shape index (κ2) is 5.85. The maximum absolute atomic E-state index is 5.23. The summed E-state index contributed by atoms with van der Waals surface area (Å²) in [7, 11) is 3.57. The number of hydrogen-bond acceptors (Lipinski definition) is 4. The summed E-state index contributed by atoms with van der Waals surface area (Å²) in [5, 5.41) is 6.11. The second-order valence-electron chi connectivity index (χ2n) is 5.11. The van der Waals surface area contributed by atoms with Crippen molar-refractivity contribution in [2.45, 2.75) is 13.8 Å². The van der Waals surface area contributed by atoms with Crippen molar-refractivity contribution in [3.63, 3.8) is 0 Å². The molecular formula is C17H19N3OS. The van der Waals surface area contributed by atoms with E-state index in [1.807, 2.05) is 19.2 Å². The van der Waals surface area contributed by atoms with Gasteiger partial charge in [0.05, 0.1) is 12.8 Å². The molecule has 0 radical (unpaired) electrons. The molecule has 2 aromatic heterocycles. The van der Waals surface area contributed by atoms with E-state index < -0.39 is 0 Å². The molecule has 1 aromatic carbocycles. The van der Waals surface area contributed by atoms with Gasteiger partial charge in [0, 0.05) is 35.1 Å². The summed E-state index contributed by atoms with van der Waals surface area (Å²) in [6, 6.07) is 10.3. The summed E-state index contributed by atoms with van der Waals surface area (Å²) in [6.45, 7) is 4.25. The normalized spacial score (nSPS) is 10.7. The van der Waals surface area contributed by atoms with Crippen molar-refractivity contribution in [3.8, 4) is 22.7 Å². The minimum Gasteiger partial charge on any atom is -0.497 e. The average Bonchev–Trinajstić information content (AvgIpc) is 3.12. The van der Waals surface area contributed by atoms with Crippen LogP contribution in [-0.4, -0.2) is 23.7 Å². The lowest BCUT2D eigenvalue weighted by atomic mass is 10.2. The minimum atomic E-state index is 0.865. The number of aromatic nitrogens is 2. The molecule has 5 heteroatoms. The topological polar surface area (TPSA) is 39.1 Å². The minimum absolute atomic E-state index is 0.865. The molecule has 0 amide bonds. The first-order valence-electron chi connectivity index (χ1n) is 7.11. The number of hydrogen-bond donors (Lipinski definition) is 1. The molecule has 0 saturated heterocycles. The molecule has 0 atom stereocenters. The smallest absolute Gasteiger partial charge is 0.182 e. The van der Waals surface area contributed by atoms with Gasteiger partial charge in [-0.15, -0.1) is 11.3 Å². The zero-order valence-corrected chi connectivity index (χ0v) is 14.0. The number of benzene rings is 1. The van der Waals surface area contributed by atoms with Crippen LogP contribution in [0.3, 0.4) is 0 Å². The first-order valence-corrected chi connectivity index (χ1v) is 7.99. The molecule has 3 rings (SSSR count). The highest BCUT2D eigenvalue weighted by Gasteiger charge is 2.14. The molecule has 0 fully saturated rings. The zero-order valence-electron chi connectivity index (χ0n) is 13.2. The first kappa shape index (κ1) is 14.7. The van der Waals surface area contributed by atoms with E-state index in [2.05, 4.69) is 52.3 Å². The van der Waals surface area contributed by atoms with Crippen LogP contribution >= 0.6 is 11.3 Å². The summed E-state index contributed by atoms with van der Waals surface area (Å²) in [6.07, 6.45) is 0. The monoisotopic (exact) mass is 313 g/mol. The predicted molar refractivity (Wildman–Crippen MR) is 92.4 cm³/mol. The lowest BCUT2D eigenvalue weighted by Gasteiger charge is -2.10.